The Balaban J connectivity index is 2.11. The lowest BCUT2D eigenvalue weighted by molar-refractivity contribution is 0.414. The molecule has 0 spiro atoms. The number of likely N-dealkylation sites (N-methyl/N-ethyl adjacent to an activating group) is 2. The van der Waals surface area contributed by atoms with Crippen LogP contribution in [-0.2, 0) is 0 Å². The van der Waals surface area contributed by atoms with Crippen molar-refractivity contribution in [3.63, 3.8) is 0 Å². The molecule has 2 aromatic rings. The Labute approximate surface area is 127 Å². The van der Waals surface area contributed by atoms with Crippen LogP contribution in [-0.4, -0.2) is 27.7 Å². The number of methoxy groups -OCH3 is 1. The highest BCUT2D eigenvalue weighted by Crippen LogP contribution is 2.22. The van der Waals surface area contributed by atoms with Gasteiger partial charge in [-0.3, -0.25) is 0 Å². The zero-order valence-electron chi connectivity index (χ0n) is 13.3. The molecule has 0 aliphatic rings. The van der Waals surface area contributed by atoms with Crippen molar-refractivity contribution in [3.8, 4) is 5.75 Å². The SMILES string of the molecule is CNC(CN(C)c1cccc(OC)c1)c1ccc(C)cc1. The van der Waals surface area contributed by atoms with Crippen molar-refractivity contribution in [2.45, 2.75) is 13.0 Å². The zero-order chi connectivity index (χ0) is 15.2. The van der Waals surface area contributed by atoms with E-state index in [1.165, 1.54) is 11.1 Å². The lowest BCUT2D eigenvalue weighted by Crippen LogP contribution is -2.31. The van der Waals surface area contributed by atoms with E-state index >= 15 is 0 Å². The number of aryl methyl sites for hydroxylation is 1. The van der Waals surface area contributed by atoms with Gasteiger partial charge in [0, 0.05) is 31.4 Å². The van der Waals surface area contributed by atoms with Crippen molar-refractivity contribution in [1.29, 1.82) is 0 Å². The van der Waals surface area contributed by atoms with Gasteiger partial charge in [-0.2, -0.15) is 0 Å². The molecule has 2 rings (SSSR count). The van der Waals surface area contributed by atoms with E-state index in [-0.39, 0.29) is 0 Å². The second-order valence-corrected chi connectivity index (χ2v) is 5.33. The molecule has 3 heteroatoms. The highest BCUT2D eigenvalue weighted by atomic mass is 16.5. The minimum Gasteiger partial charge on any atom is -0.497 e. The number of ether oxygens (including phenoxy) is 1. The summed E-state index contributed by atoms with van der Waals surface area (Å²) in [5.41, 5.74) is 3.74. The van der Waals surface area contributed by atoms with Crippen LogP contribution in [0.1, 0.15) is 17.2 Å². The van der Waals surface area contributed by atoms with Crippen LogP contribution in [0.5, 0.6) is 5.75 Å². The molecule has 0 aliphatic heterocycles. The summed E-state index contributed by atoms with van der Waals surface area (Å²) >= 11 is 0. The summed E-state index contributed by atoms with van der Waals surface area (Å²) in [4.78, 5) is 2.24. The Bertz CT molecular complexity index is 566. The Kier molecular flexibility index (Phi) is 5.23. The molecule has 21 heavy (non-hydrogen) atoms. The van der Waals surface area contributed by atoms with Crippen molar-refractivity contribution in [1.82, 2.24) is 5.32 Å². The molecular formula is C18H24N2O. The van der Waals surface area contributed by atoms with Crippen molar-refractivity contribution in [2.24, 2.45) is 0 Å². The van der Waals surface area contributed by atoms with Crippen LogP contribution in [0.25, 0.3) is 0 Å². The summed E-state index contributed by atoms with van der Waals surface area (Å²) in [6.45, 7) is 3.01. The molecule has 0 saturated carbocycles. The van der Waals surface area contributed by atoms with Gasteiger partial charge >= 0.3 is 0 Å². The van der Waals surface area contributed by atoms with E-state index in [0.717, 1.165) is 18.0 Å². The van der Waals surface area contributed by atoms with Crippen LogP contribution >= 0.6 is 0 Å². The molecule has 0 aromatic heterocycles. The van der Waals surface area contributed by atoms with Gasteiger partial charge in [0.2, 0.25) is 0 Å². The molecule has 0 radical (unpaired) electrons. The molecule has 0 saturated heterocycles. The first-order valence-corrected chi connectivity index (χ1v) is 7.23. The fourth-order valence-electron chi connectivity index (χ4n) is 2.39. The summed E-state index contributed by atoms with van der Waals surface area (Å²) in [5.74, 6) is 0.885. The molecule has 0 aliphatic carbocycles. The number of hydrogen-bond acceptors (Lipinski definition) is 3. The van der Waals surface area contributed by atoms with E-state index in [2.05, 4.69) is 60.6 Å². The Morgan fingerprint density at radius 2 is 1.86 bits per heavy atom. The van der Waals surface area contributed by atoms with E-state index in [1.807, 2.05) is 19.2 Å². The summed E-state index contributed by atoms with van der Waals surface area (Å²) in [6.07, 6.45) is 0. The van der Waals surface area contributed by atoms with Crippen LogP contribution in [0.15, 0.2) is 48.5 Å². The van der Waals surface area contributed by atoms with Gasteiger partial charge in [0.15, 0.2) is 0 Å². The molecule has 1 N–H and O–H groups in total. The number of benzene rings is 2. The van der Waals surface area contributed by atoms with Gasteiger partial charge in [0.25, 0.3) is 0 Å². The van der Waals surface area contributed by atoms with Gasteiger partial charge in [-0.05, 0) is 31.7 Å². The van der Waals surface area contributed by atoms with Crippen LogP contribution in [0.2, 0.25) is 0 Å². The third kappa shape index (κ3) is 3.99. The standard InChI is InChI=1S/C18H24N2O/c1-14-8-10-15(11-9-14)18(19-2)13-20(3)16-6-5-7-17(12-16)21-4/h5-12,18-19H,13H2,1-4H3. The maximum atomic E-state index is 5.29. The number of rotatable bonds is 6. The average Bonchev–Trinajstić information content (AvgIpc) is 2.53. The highest BCUT2D eigenvalue weighted by molar-refractivity contribution is 5.50. The van der Waals surface area contributed by atoms with Gasteiger partial charge in [-0.25, -0.2) is 0 Å². The van der Waals surface area contributed by atoms with Crippen LogP contribution in [0.4, 0.5) is 5.69 Å². The molecule has 0 fully saturated rings. The predicted molar refractivity (Wildman–Crippen MR) is 89.2 cm³/mol. The first-order valence-electron chi connectivity index (χ1n) is 7.23. The average molecular weight is 284 g/mol. The van der Waals surface area contributed by atoms with E-state index in [9.17, 15) is 0 Å². The van der Waals surface area contributed by atoms with Gasteiger partial charge in [0.1, 0.15) is 5.75 Å². The Morgan fingerprint density at radius 1 is 1.14 bits per heavy atom. The maximum Gasteiger partial charge on any atom is 0.120 e. The summed E-state index contributed by atoms with van der Waals surface area (Å²) in [5, 5.41) is 3.39. The minimum atomic E-state index is 0.293. The molecule has 0 heterocycles. The maximum absolute atomic E-state index is 5.29. The van der Waals surface area contributed by atoms with Gasteiger partial charge < -0.3 is 15.0 Å². The van der Waals surface area contributed by atoms with Crippen molar-refractivity contribution in [2.75, 3.05) is 32.6 Å². The fraction of sp³-hybridized carbons (Fsp3) is 0.333. The third-order valence-electron chi connectivity index (χ3n) is 3.78. The molecule has 0 bridgehead atoms. The van der Waals surface area contributed by atoms with Crippen molar-refractivity contribution >= 4 is 5.69 Å². The number of nitrogens with one attached hydrogen (secondary N) is 1. The van der Waals surface area contributed by atoms with E-state index < -0.39 is 0 Å². The Morgan fingerprint density at radius 3 is 2.48 bits per heavy atom. The van der Waals surface area contributed by atoms with E-state index in [1.54, 1.807) is 7.11 Å². The normalized spacial score (nSPS) is 12.0. The lowest BCUT2D eigenvalue weighted by Gasteiger charge is -2.26. The molecule has 0 amide bonds. The molecule has 1 atom stereocenters. The number of hydrogen-bond donors (Lipinski definition) is 1. The Hall–Kier alpha value is -2.00. The van der Waals surface area contributed by atoms with Gasteiger partial charge in [-0.15, -0.1) is 0 Å². The highest BCUT2D eigenvalue weighted by Gasteiger charge is 2.12. The van der Waals surface area contributed by atoms with E-state index in [0.29, 0.717) is 6.04 Å². The van der Waals surface area contributed by atoms with Crippen LogP contribution < -0.4 is 15.0 Å². The monoisotopic (exact) mass is 284 g/mol. The van der Waals surface area contributed by atoms with Crippen LogP contribution in [0.3, 0.4) is 0 Å². The molecular weight excluding hydrogens is 260 g/mol. The quantitative estimate of drug-likeness (QED) is 0.880. The first kappa shape index (κ1) is 15.4. The smallest absolute Gasteiger partial charge is 0.120 e. The molecule has 1 unspecified atom stereocenters. The second kappa shape index (κ2) is 7.14. The zero-order valence-corrected chi connectivity index (χ0v) is 13.3. The number of nitrogens with zero attached hydrogens (tertiary/aromatic N) is 1. The lowest BCUT2D eigenvalue weighted by atomic mass is 10.0. The molecule has 3 nitrogen and oxygen atoms in total. The summed E-state index contributed by atoms with van der Waals surface area (Å²) < 4.78 is 5.29. The topological polar surface area (TPSA) is 24.5 Å². The number of anilines is 1. The predicted octanol–water partition coefficient (Wildman–Crippen LogP) is 3.40. The van der Waals surface area contributed by atoms with Crippen molar-refractivity contribution < 1.29 is 4.74 Å². The minimum absolute atomic E-state index is 0.293. The van der Waals surface area contributed by atoms with Gasteiger partial charge in [0.05, 0.1) is 7.11 Å². The summed E-state index contributed by atoms with van der Waals surface area (Å²) in [7, 11) is 5.80. The van der Waals surface area contributed by atoms with Crippen LogP contribution in [0, 0.1) is 6.92 Å². The van der Waals surface area contributed by atoms with Crippen molar-refractivity contribution in [3.05, 3.63) is 59.7 Å². The third-order valence-corrected chi connectivity index (χ3v) is 3.78. The summed E-state index contributed by atoms with van der Waals surface area (Å²) in [6, 6.07) is 17.1. The molecule has 112 valence electrons. The first-order chi connectivity index (χ1) is 10.1. The second-order valence-electron chi connectivity index (χ2n) is 5.33. The fourth-order valence-corrected chi connectivity index (χ4v) is 2.39. The molecule has 2 aromatic carbocycles. The largest absolute Gasteiger partial charge is 0.497 e. The van der Waals surface area contributed by atoms with Gasteiger partial charge in [-0.1, -0.05) is 35.9 Å². The van der Waals surface area contributed by atoms with E-state index in [4.69, 9.17) is 4.74 Å².